The number of hydrogen-bond acceptors (Lipinski definition) is 5. The smallest absolute Gasteiger partial charge is 0.326 e. The molecule has 0 atom stereocenters. The third-order valence-electron chi connectivity index (χ3n) is 5.14. The van der Waals surface area contributed by atoms with Crippen LogP contribution >= 0.6 is 11.3 Å². The molecule has 2 aromatic heterocycles. The van der Waals surface area contributed by atoms with Gasteiger partial charge in [-0.1, -0.05) is 37.3 Å². The van der Waals surface area contributed by atoms with Crippen molar-refractivity contribution in [1.82, 2.24) is 9.55 Å². The lowest BCUT2D eigenvalue weighted by Gasteiger charge is -2.26. The quantitative estimate of drug-likeness (QED) is 0.633. The van der Waals surface area contributed by atoms with Crippen molar-refractivity contribution in [2.75, 3.05) is 0 Å². The third-order valence-corrected chi connectivity index (χ3v) is 6.23. The van der Waals surface area contributed by atoms with Crippen LogP contribution in [0, 0.1) is 5.92 Å². The zero-order chi connectivity index (χ0) is 18.8. The van der Waals surface area contributed by atoms with E-state index in [2.05, 4.69) is 11.9 Å². The summed E-state index contributed by atoms with van der Waals surface area (Å²) in [6, 6.07) is 11.8. The van der Waals surface area contributed by atoms with Crippen molar-refractivity contribution in [3.8, 4) is 10.4 Å². The molecule has 0 aliphatic heterocycles. The van der Waals surface area contributed by atoms with Crippen LogP contribution in [0.2, 0.25) is 0 Å². The Bertz CT molecular complexity index is 1000. The minimum Gasteiger partial charge on any atom is -0.461 e. The predicted octanol–water partition coefficient (Wildman–Crippen LogP) is 4.25. The summed E-state index contributed by atoms with van der Waals surface area (Å²) < 4.78 is 6.91. The van der Waals surface area contributed by atoms with Gasteiger partial charge in [-0.25, -0.2) is 4.98 Å². The van der Waals surface area contributed by atoms with Gasteiger partial charge >= 0.3 is 5.97 Å². The van der Waals surface area contributed by atoms with Crippen molar-refractivity contribution in [1.29, 1.82) is 0 Å². The Morgan fingerprint density at radius 2 is 1.96 bits per heavy atom. The van der Waals surface area contributed by atoms with E-state index in [4.69, 9.17) is 4.74 Å². The number of esters is 1. The molecule has 4 rings (SSSR count). The molecule has 140 valence electrons. The van der Waals surface area contributed by atoms with Crippen LogP contribution in [0.5, 0.6) is 0 Å². The minimum absolute atomic E-state index is 0.0214. The summed E-state index contributed by atoms with van der Waals surface area (Å²) in [7, 11) is 0. The molecule has 0 N–H and O–H groups in total. The highest BCUT2D eigenvalue weighted by Gasteiger charge is 2.22. The summed E-state index contributed by atoms with van der Waals surface area (Å²) in [5, 5.41) is 0.542. The Morgan fingerprint density at radius 1 is 1.22 bits per heavy atom. The van der Waals surface area contributed by atoms with E-state index in [1.54, 1.807) is 0 Å². The van der Waals surface area contributed by atoms with Gasteiger partial charge in [-0.3, -0.25) is 14.2 Å². The summed E-state index contributed by atoms with van der Waals surface area (Å²) >= 11 is 1.48. The lowest BCUT2D eigenvalue weighted by atomic mass is 9.89. The van der Waals surface area contributed by atoms with Gasteiger partial charge in [0, 0.05) is 4.88 Å². The SMILES string of the molecule is CC1CCC(OC(=O)Cn2cnc3sc(-c4ccccc4)cc3c2=O)CC1. The highest BCUT2D eigenvalue weighted by atomic mass is 32.1. The summed E-state index contributed by atoms with van der Waals surface area (Å²) in [6.45, 7) is 2.13. The Hall–Kier alpha value is -2.47. The van der Waals surface area contributed by atoms with Crippen LogP contribution in [0.4, 0.5) is 0 Å². The lowest BCUT2D eigenvalue weighted by Crippen LogP contribution is -2.29. The summed E-state index contributed by atoms with van der Waals surface area (Å²) in [5.74, 6) is 0.336. The number of nitrogens with zero attached hydrogens (tertiary/aromatic N) is 2. The molecule has 6 heteroatoms. The van der Waals surface area contributed by atoms with Crippen LogP contribution in [0.1, 0.15) is 32.6 Å². The van der Waals surface area contributed by atoms with Gasteiger partial charge in [-0.15, -0.1) is 11.3 Å². The largest absolute Gasteiger partial charge is 0.461 e. The Balaban J connectivity index is 1.51. The minimum atomic E-state index is -0.365. The average Bonchev–Trinajstić information content (AvgIpc) is 3.12. The van der Waals surface area contributed by atoms with Crippen molar-refractivity contribution in [3.05, 3.63) is 53.1 Å². The van der Waals surface area contributed by atoms with E-state index in [9.17, 15) is 9.59 Å². The maximum atomic E-state index is 12.8. The van der Waals surface area contributed by atoms with E-state index < -0.39 is 0 Å². The summed E-state index contributed by atoms with van der Waals surface area (Å²) in [4.78, 5) is 31.1. The molecule has 0 saturated heterocycles. The molecule has 0 spiro atoms. The Morgan fingerprint density at radius 3 is 2.70 bits per heavy atom. The van der Waals surface area contributed by atoms with E-state index in [1.165, 1.54) is 22.2 Å². The fourth-order valence-corrected chi connectivity index (χ4v) is 4.52. The topological polar surface area (TPSA) is 61.2 Å². The highest BCUT2D eigenvalue weighted by molar-refractivity contribution is 7.21. The number of rotatable bonds is 4. The van der Waals surface area contributed by atoms with E-state index in [0.29, 0.717) is 16.1 Å². The molecule has 0 bridgehead atoms. The van der Waals surface area contributed by atoms with Gasteiger partial charge in [-0.2, -0.15) is 0 Å². The van der Waals surface area contributed by atoms with Crippen molar-refractivity contribution >= 4 is 27.5 Å². The molecule has 5 nitrogen and oxygen atoms in total. The van der Waals surface area contributed by atoms with Gasteiger partial charge in [0.2, 0.25) is 0 Å². The second-order valence-electron chi connectivity index (χ2n) is 7.24. The molecule has 1 fully saturated rings. The molecule has 0 amide bonds. The van der Waals surface area contributed by atoms with Crippen molar-refractivity contribution in [2.45, 2.75) is 45.3 Å². The van der Waals surface area contributed by atoms with Crippen LogP contribution in [0.3, 0.4) is 0 Å². The van der Waals surface area contributed by atoms with Gasteiger partial charge in [0.25, 0.3) is 5.56 Å². The first-order valence-corrected chi connectivity index (χ1v) is 10.2. The van der Waals surface area contributed by atoms with E-state index in [0.717, 1.165) is 36.1 Å². The molecule has 1 aliphatic rings. The molecule has 27 heavy (non-hydrogen) atoms. The van der Waals surface area contributed by atoms with Crippen LogP contribution in [0.15, 0.2) is 47.5 Å². The Kier molecular flexibility index (Phi) is 5.07. The number of aromatic nitrogens is 2. The van der Waals surface area contributed by atoms with Crippen LogP contribution in [0.25, 0.3) is 20.7 Å². The number of ether oxygens (including phenoxy) is 1. The van der Waals surface area contributed by atoms with Gasteiger partial charge in [0.05, 0.1) is 11.7 Å². The lowest BCUT2D eigenvalue weighted by molar-refractivity contribution is -0.151. The van der Waals surface area contributed by atoms with Crippen molar-refractivity contribution in [2.24, 2.45) is 5.92 Å². The van der Waals surface area contributed by atoms with E-state index >= 15 is 0 Å². The highest BCUT2D eigenvalue weighted by Crippen LogP contribution is 2.30. The standard InChI is InChI=1S/C21H22N2O3S/c1-14-7-9-16(10-8-14)26-19(24)12-23-13-22-20-17(21(23)25)11-18(27-20)15-5-3-2-4-6-15/h2-6,11,13-14,16H,7-10,12H2,1H3. The molecular weight excluding hydrogens is 360 g/mol. The summed E-state index contributed by atoms with van der Waals surface area (Å²) in [5.41, 5.74) is 0.852. The predicted molar refractivity (Wildman–Crippen MR) is 107 cm³/mol. The second kappa shape index (κ2) is 7.64. The number of carbonyl (C=O) groups is 1. The number of benzene rings is 1. The maximum Gasteiger partial charge on any atom is 0.326 e. The first-order chi connectivity index (χ1) is 13.1. The van der Waals surface area contributed by atoms with E-state index in [-0.39, 0.29) is 24.2 Å². The molecule has 1 saturated carbocycles. The molecular formula is C21H22N2O3S. The number of fused-ring (bicyclic) bond motifs is 1. The number of hydrogen-bond donors (Lipinski definition) is 0. The zero-order valence-electron chi connectivity index (χ0n) is 15.3. The fraction of sp³-hybridized carbons (Fsp3) is 0.381. The normalized spacial score (nSPS) is 19.9. The number of thiophene rings is 1. The molecule has 0 unspecified atom stereocenters. The molecule has 0 radical (unpaired) electrons. The maximum absolute atomic E-state index is 12.8. The first-order valence-electron chi connectivity index (χ1n) is 9.34. The van der Waals surface area contributed by atoms with Crippen LogP contribution in [-0.2, 0) is 16.1 Å². The second-order valence-corrected chi connectivity index (χ2v) is 8.28. The van der Waals surface area contributed by atoms with Crippen molar-refractivity contribution < 1.29 is 9.53 Å². The molecule has 1 aromatic carbocycles. The average molecular weight is 382 g/mol. The fourth-order valence-electron chi connectivity index (χ4n) is 3.53. The number of carbonyl (C=O) groups excluding carboxylic acids is 1. The molecule has 2 heterocycles. The molecule has 3 aromatic rings. The monoisotopic (exact) mass is 382 g/mol. The van der Waals surface area contributed by atoms with Gasteiger partial charge in [0.1, 0.15) is 17.5 Å². The van der Waals surface area contributed by atoms with Gasteiger partial charge < -0.3 is 4.74 Å². The Labute approximate surface area is 161 Å². The van der Waals surface area contributed by atoms with Crippen molar-refractivity contribution in [3.63, 3.8) is 0 Å². The van der Waals surface area contributed by atoms with Gasteiger partial charge in [0.15, 0.2) is 0 Å². The van der Waals surface area contributed by atoms with E-state index in [1.807, 2.05) is 36.4 Å². The van der Waals surface area contributed by atoms with Crippen LogP contribution in [-0.4, -0.2) is 21.6 Å². The zero-order valence-corrected chi connectivity index (χ0v) is 16.1. The third kappa shape index (κ3) is 3.95. The van der Waals surface area contributed by atoms with Gasteiger partial charge in [-0.05, 0) is 43.2 Å². The summed E-state index contributed by atoms with van der Waals surface area (Å²) in [6.07, 6.45) is 5.41. The molecule has 1 aliphatic carbocycles. The van der Waals surface area contributed by atoms with Crippen LogP contribution < -0.4 is 5.56 Å². The first kappa shape index (κ1) is 17.9.